The molecule has 8 heteroatoms. The van der Waals surface area contributed by atoms with E-state index in [0.29, 0.717) is 35.2 Å². The van der Waals surface area contributed by atoms with Gasteiger partial charge in [0.1, 0.15) is 11.4 Å². The number of alkyl halides is 3. The van der Waals surface area contributed by atoms with Crippen molar-refractivity contribution in [2.75, 3.05) is 24.6 Å². The Morgan fingerprint density at radius 2 is 1.91 bits per heavy atom. The van der Waals surface area contributed by atoms with Crippen LogP contribution in [-0.2, 0) is 6.18 Å². The lowest BCUT2D eigenvalue weighted by atomic mass is 9.95. The molecule has 5 rings (SSSR count). The topological polar surface area (TPSA) is 34.0 Å². The zero-order chi connectivity index (χ0) is 24.0. The number of hydrogen-bond donors (Lipinski definition) is 0. The van der Waals surface area contributed by atoms with Crippen LogP contribution in [0.25, 0.3) is 11.4 Å². The van der Waals surface area contributed by atoms with Gasteiger partial charge in [-0.15, -0.1) is 0 Å². The van der Waals surface area contributed by atoms with Gasteiger partial charge in [0, 0.05) is 30.2 Å². The fourth-order valence-corrected chi connectivity index (χ4v) is 7.17. The number of pyridine rings is 1. The summed E-state index contributed by atoms with van der Waals surface area (Å²) in [6, 6.07) is 6.91. The third-order valence-corrected chi connectivity index (χ3v) is 9.06. The van der Waals surface area contributed by atoms with E-state index in [1.54, 1.807) is 6.07 Å². The Bertz CT molecular complexity index is 992. The normalized spacial score (nSPS) is 29.6. The molecule has 2 aromatic heterocycles. The van der Waals surface area contributed by atoms with Crippen molar-refractivity contribution in [1.29, 1.82) is 0 Å². The summed E-state index contributed by atoms with van der Waals surface area (Å²) in [4.78, 5) is 6.63. The number of aromatic nitrogens is 3. The quantitative estimate of drug-likeness (QED) is 0.442. The van der Waals surface area contributed by atoms with Crippen LogP contribution in [0.2, 0.25) is 0 Å². The first-order valence-corrected chi connectivity index (χ1v) is 13.9. The van der Waals surface area contributed by atoms with Crippen LogP contribution in [0.15, 0.2) is 24.3 Å². The Hall–Kier alpha value is -1.54. The summed E-state index contributed by atoms with van der Waals surface area (Å²) in [5.74, 6) is 5.14. The average molecular weight is 493 g/mol. The van der Waals surface area contributed by atoms with E-state index < -0.39 is 11.9 Å². The molecule has 34 heavy (non-hydrogen) atoms. The summed E-state index contributed by atoms with van der Waals surface area (Å²) in [6.07, 6.45) is 0.709. The van der Waals surface area contributed by atoms with Crippen molar-refractivity contribution in [1.82, 2.24) is 19.7 Å². The highest BCUT2D eigenvalue weighted by molar-refractivity contribution is 7.99. The molecule has 3 fully saturated rings. The minimum atomic E-state index is -4.45. The molecule has 0 spiro atoms. The molecule has 2 saturated carbocycles. The highest BCUT2D eigenvalue weighted by atomic mass is 32.2. The number of likely N-dealkylation sites (tertiary alicyclic amines) is 1. The van der Waals surface area contributed by atoms with E-state index in [1.807, 2.05) is 10.7 Å². The van der Waals surface area contributed by atoms with Crippen LogP contribution in [0.1, 0.15) is 69.8 Å². The monoisotopic (exact) mass is 492 g/mol. The second-order valence-electron chi connectivity index (χ2n) is 10.5. The van der Waals surface area contributed by atoms with Crippen LogP contribution in [0, 0.1) is 17.8 Å². The Morgan fingerprint density at radius 1 is 1.15 bits per heavy atom. The van der Waals surface area contributed by atoms with Crippen molar-refractivity contribution >= 4 is 11.8 Å². The summed E-state index contributed by atoms with van der Waals surface area (Å²) >= 11 is 2.07. The zero-order valence-corrected chi connectivity index (χ0v) is 21.1. The summed E-state index contributed by atoms with van der Waals surface area (Å²) in [6.45, 7) is 8.90. The third kappa shape index (κ3) is 4.77. The van der Waals surface area contributed by atoms with Crippen LogP contribution in [-0.4, -0.2) is 50.3 Å². The molecule has 0 radical (unpaired) electrons. The van der Waals surface area contributed by atoms with Crippen molar-refractivity contribution < 1.29 is 13.2 Å². The lowest BCUT2D eigenvalue weighted by molar-refractivity contribution is -0.141. The SMILES string of the molecule is CCSCC1CCCN(C2CC3C(C2)C3c2cc(-c3cccc(C(F)(F)F)n3)nn2C(C)C)C1. The number of hydrogen-bond acceptors (Lipinski definition) is 4. The van der Waals surface area contributed by atoms with Crippen LogP contribution in [0.5, 0.6) is 0 Å². The van der Waals surface area contributed by atoms with Crippen LogP contribution >= 0.6 is 11.8 Å². The van der Waals surface area contributed by atoms with Gasteiger partial charge in [-0.1, -0.05) is 13.0 Å². The molecule has 0 bridgehead atoms. The van der Waals surface area contributed by atoms with Crippen molar-refractivity contribution in [3.63, 3.8) is 0 Å². The minimum Gasteiger partial charge on any atom is -0.300 e. The van der Waals surface area contributed by atoms with Gasteiger partial charge in [0.15, 0.2) is 0 Å². The Kier molecular flexibility index (Phi) is 6.75. The van der Waals surface area contributed by atoms with Crippen molar-refractivity contribution in [2.24, 2.45) is 17.8 Å². The number of fused-ring (bicyclic) bond motifs is 1. The smallest absolute Gasteiger partial charge is 0.300 e. The molecule has 3 aliphatic rings. The lowest BCUT2D eigenvalue weighted by Crippen LogP contribution is -2.43. The van der Waals surface area contributed by atoms with Gasteiger partial charge in [-0.3, -0.25) is 4.68 Å². The molecular weight excluding hydrogens is 457 g/mol. The van der Waals surface area contributed by atoms with Gasteiger partial charge in [-0.05, 0) is 93.5 Å². The van der Waals surface area contributed by atoms with Gasteiger partial charge < -0.3 is 4.90 Å². The number of rotatable bonds is 7. The second kappa shape index (κ2) is 9.49. The fraction of sp³-hybridized carbons (Fsp3) is 0.692. The molecule has 0 amide bonds. The van der Waals surface area contributed by atoms with E-state index in [2.05, 4.69) is 42.4 Å². The maximum atomic E-state index is 13.2. The molecular formula is C26H35F3N4S. The molecule has 0 N–H and O–H groups in total. The number of piperidine rings is 1. The first-order chi connectivity index (χ1) is 16.3. The molecule has 4 nitrogen and oxygen atoms in total. The van der Waals surface area contributed by atoms with Crippen LogP contribution < -0.4 is 0 Å². The molecule has 186 valence electrons. The first-order valence-electron chi connectivity index (χ1n) is 12.7. The molecule has 2 aromatic rings. The largest absolute Gasteiger partial charge is 0.433 e. The van der Waals surface area contributed by atoms with Crippen LogP contribution in [0.4, 0.5) is 13.2 Å². The molecule has 3 heterocycles. The van der Waals surface area contributed by atoms with Crippen molar-refractivity contribution in [3.05, 3.63) is 35.7 Å². The van der Waals surface area contributed by atoms with Crippen molar-refractivity contribution in [3.8, 4) is 11.4 Å². The molecule has 1 aliphatic heterocycles. The van der Waals surface area contributed by atoms with Gasteiger partial charge >= 0.3 is 6.18 Å². The fourth-order valence-electron chi connectivity index (χ4n) is 6.33. The highest BCUT2D eigenvalue weighted by Gasteiger charge is 2.58. The maximum absolute atomic E-state index is 13.2. The molecule has 3 atom stereocenters. The lowest BCUT2D eigenvalue weighted by Gasteiger charge is -2.37. The predicted octanol–water partition coefficient (Wildman–Crippen LogP) is 6.50. The van der Waals surface area contributed by atoms with Gasteiger partial charge in [0.2, 0.25) is 0 Å². The summed E-state index contributed by atoms with van der Waals surface area (Å²) in [5, 5.41) is 4.71. The molecule has 0 aromatic carbocycles. The summed E-state index contributed by atoms with van der Waals surface area (Å²) in [7, 11) is 0. The number of thioether (sulfide) groups is 1. The van der Waals surface area contributed by atoms with Gasteiger partial charge in [0.25, 0.3) is 0 Å². The molecule has 2 aliphatic carbocycles. The minimum absolute atomic E-state index is 0.158. The van der Waals surface area contributed by atoms with E-state index in [9.17, 15) is 13.2 Å². The molecule has 3 unspecified atom stereocenters. The third-order valence-electron chi connectivity index (χ3n) is 7.94. The van der Waals surface area contributed by atoms with Gasteiger partial charge in [-0.2, -0.15) is 30.0 Å². The van der Waals surface area contributed by atoms with E-state index in [4.69, 9.17) is 5.10 Å². The zero-order valence-electron chi connectivity index (χ0n) is 20.3. The Morgan fingerprint density at radius 3 is 2.59 bits per heavy atom. The van der Waals surface area contributed by atoms with Crippen molar-refractivity contribution in [2.45, 2.75) is 70.6 Å². The Balaban J connectivity index is 1.29. The number of halogens is 3. The average Bonchev–Trinajstić information content (AvgIpc) is 3.17. The van der Waals surface area contributed by atoms with E-state index in [0.717, 1.165) is 12.0 Å². The predicted molar refractivity (Wildman–Crippen MR) is 131 cm³/mol. The molecule has 1 saturated heterocycles. The van der Waals surface area contributed by atoms with E-state index in [-0.39, 0.29) is 6.04 Å². The Labute approximate surface area is 204 Å². The standard InChI is InChI=1S/C26H35F3N4S/c1-4-34-15-17-7-6-10-32(14-17)18-11-19-20(12-18)25(19)23-13-22(31-33(23)16(2)3)21-8-5-9-24(30-21)26(27,28)29/h5,8-9,13,16-20,25H,4,6-7,10-12,14-15H2,1-3H3. The van der Waals surface area contributed by atoms with Gasteiger partial charge in [0.05, 0.1) is 5.69 Å². The highest BCUT2D eigenvalue weighted by Crippen LogP contribution is 2.64. The summed E-state index contributed by atoms with van der Waals surface area (Å²) in [5.41, 5.74) is 1.15. The van der Waals surface area contributed by atoms with Crippen LogP contribution in [0.3, 0.4) is 0 Å². The second-order valence-corrected chi connectivity index (χ2v) is 11.9. The van der Waals surface area contributed by atoms with E-state index >= 15 is 0 Å². The van der Waals surface area contributed by atoms with E-state index in [1.165, 1.54) is 62.0 Å². The maximum Gasteiger partial charge on any atom is 0.433 e. The summed E-state index contributed by atoms with van der Waals surface area (Å²) < 4.78 is 41.5. The number of nitrogens with zero attached hydrogens (tertiary/aromatic N) is 4. The first kappa shape index (κ1) is 24.2. The van der Waals surface area contributed by atoms with Gasteiger partial charge in [-0.25, -0.2) is 4.98 Å².